The van der Waals surface area contributed by atoms with Crippen LogP contribution in [0.15, 0.2) is 41.6 Å². The lowest BCUT2D eigenvalue weighted by atomic mass is 10.0. The zero-order chi connectivity index (χ0) is 22.8. The number of carbonyl (C=O) groups excluding carboxylic acids is 1. The van der Waals surface area contributed by atoms with E-state index in [2.05, 4.69) is 15.2 Å². The first kappa shape index (κ1) is 21.9. The van der Waals surface area contributed by atoms with Crippen LogP contribution in [0.25, 0.3) is 11.3 Å². The van der Waals surface area contributed by atoms with Crippen LogP contribution < -0.4 is 19.1 Å². The summed E-state index contributed by atoms with van der Waals surface area (Å²) in [4.78, 5) is 19.2. The number of anilines is 1. The lowest BCUT2D eigenvalue weighted by molar-refractivity contribution is -0.118. The molecule has 0 aliphatic carbocycles. The van der Waals surface area contributed by atoms with E-state index in [9.17, 15) is 4.79 Å². The van der Waals surface area contributed by atoms with Crippen LogP contribution in [0.3, 0.4) is 0 Å². The predicted molar refractivity (Wildman–Crippen MR) is 122 cm³/mol. The minimum atomic E-state index is -0.851. The molecule has 0 radical (unpaired) electrons. The SMILES string of the molecule is CCSc1nnc2c(n1)OC(c1cc(OC)ccc1OC)N(C(C)=O)c1ccc(C)cc1-2. The summed E-state index contributed by atoms with van der Waals surface area (Å²) in [5.41, 5.74) is 3.52. The van der Waals surface area contributed by atoms with Gasteiger partial charge in [-0.05, 0) is 43.0 Å². The van der Waals surface area contributed by atoms with Crippen molar-refractivity contribution in [3.05, 3.63) is 47.5 Å². The van der Waals surface area contributed by atoms with Gasteiger partial charge in [0.05, 0.1) is 25.5 Å². The summed E-state index contributed by atoms with van der Waals surface area (Å²) in [6.45, 7) is 5.50. The van der Waals surface area contributed by atoms with Gasteiger partial charge in [0, 0.05) is 12.5 Å². The molecule has 166 valence electrons. The average molecular weight is 453 g/mol. The van der Waals surface area contributed by atoms with Gasteiger partial charge < -0.3 is 14.2 Å². The molecule has 2 heterocycles. The van der Waals surface area contributed by atoms with Crippen LogP contribution in [0.5, 0.6) is 17.4 Å². The molecule has 1 aliphatic rings. The Morgan fingerprint density at radius 1 is 1.16 bits per heavy atom. The molecule has 8 nitrogen and oxygen atoms in total. The summed E-state index contributed by atoms with van der Waals surface area (Å²) in [6.07, 6.45) is -0.851. The summed E-state index contributed by atoms with van der Waals surface area (Å²) in [5.74, 6) is 2.08. The number of aromatic nitrogens is 3. The molecular formula is C23H24N4O4S. The summed E-state index contributed by atoms with van der Waals surface area (Å²) >= 11 is 1.47. The van der Waals surface area contributed by atoms with Crippen LogP contribution in [0.2, 0.25) is 0 Å². The van der Waals surface area contributed by atoms with E-state index < -0.39 is 6.23 Å². The third-order valence-corrected chi connectivity index (χ3v) is 5.80. The maximum atomic E-state index is 13.0. The fourth-order valence-electron chi connectivity index (χ4n) is 3.64. The van der Waals surface area contributed by atoms with Crippen molar-refractivity contribution in [3.63, 3.8) is 0 Å². The molecule has 32 heavy (non-hydrogen) atoms. The number of thioether (sulfide) groups is 1. The van der Waals surface area contributed by atoms with Crippen molar-refractivity contribution in [3.8, 4) is 28.6 Å². The summed E-state index contributed by atoms with van der Waals surface area (Å²) in [5, 5.41) is 9.19. The molecular weight excluding hydrogens is 428 g/mol. The first-order valence-corrected chi connectivity index (χ1v) is 11.1. The highest BCUT2D eigenvalue weighted by atomic mass is 32.2. The minimum absolute atomic E-state index is 0.200. The highest BCUT2D eigenvalue weighted by Crippen LogP contribution is 2.45. The van der Waals surface area contributed by atoms with Gasteiger partial charge in [-0.15, -0.1) is 10.2 Å². The molecule has 0 saturated carbocycles. The number of rotatable bonds is 5. The van der Waals surface area contributed by atoms with Crippen LogP contribution in [-0.4, -0.2) is 41.1 Å². The fraction of sp³-hybridized carbons (Fsp3) is 0.304. The van der Waals surface area contributed by atoms with Crippen molar-refractivity contribution < 1.29 is 19.0 Å². The monoisotopic (exact) mass is 452 g/mol. The predicted octanol–water partition coefficient (Wildman–Crippen LogP) is 4.42. The molecule has 3 aromatic rings. The molecule has 4 rings (SSSR count). The van der Waals surface area contributed by atoms with E-state index in [4.69, 9.17) is 14.2 Å². The molecule has 1 aromatic heterocycles. The molecule has 0 N–H and O–H groups in total. The van der Waals surface area contributed by atoms with Crippen molar-refractivity contribution >= 4 is 23.4 Å². The Morgan fingerprint density at radius 2 is 1.97 bits per heavy atom. The lowest BCUT2D eigenvalue weighted by Gasteiger charge is -2.31. The van der Waals surface area contributed by atoms with E-state index in [1.54, 1.807) is 37.3 Å². The van der Waals surface area contributed by atoms with Crippen molar-refractivity contribution in [2.45, 2.75) is 32.2 Å². The number of amides is 1. The minimum Gasteiger partial charge on any atom is -0.497 e. The van der Waals surface area contributed by atoms with E-state index >= 15 is 0 Å². The van der Waals surface area contributed by atoms with Crippen LogP contribution in [-0.2, 0) is 4.79 Å². The number of fused-ring (bicyclic) bond motifs is 3. The largest absolute Gasteiger partial charge is 0.497 e. The fourth-order valence-corrected chi connectivity index (χ4v) is 4.15. The van der Waals surface area contributed by atoms with E-state index in [1.165, 1.54) is 18.7 Å². The number of ether oxygens (including phenoxy) is 3. The van der Waals surface area contributed by atoms with E-state index in [-0.39, 0.29) is 5.91 Å². The number of nitrogens with zero attached hydrogens (tertiary/aromatic N) is 4. The van der Waals surface area contributed by atoms with Crippen molar-refractivity contribution in [1.29, 1.82) is 0 Å². The molecule has 2 aromatic carbocycles. The van der Waals surface area contributed by atoms with Gasteiger partial charge in [-0.1, -0.05) is 30.3 Å². The molecule has 0 spiro atoms. The number of hydrogen-bond donors (Lipinski definition) is 0. The standard InChI is InChI=1S/C23H24N4O4S/c1-6-32-23-24-21-20(25-26-23)16-11-13(2)7-9-18(16)27(14(3)28)22(31-21)17-12-15(29-4)8-10-19(17)30-5/h7-12,22H,6H2,1-5H3. The first-order valence-electron chi connectivity index (χ1n) is 10.1. The smallest absolute Gasteiger partial charge is 0.247 e. The number of benzene rings is 2. The molecule has 0 bridgehead atoms. The topological polar surface area (TPSA) is 86.7 Å². The third-order valence-electron chi connectivity index (χ3n) is 5.08. The molecule has 0 fully saturated rings. The Morgan fingerprint density at radius 3 is 2.66 bits per heavy atom. The molecule has 1 aliphatic heterocycles. The van der Waals surface area contributed by atoms with Crippen LogP contribution in [0.4, 0.5) is 5.69 Å². The van der Waals surface area contributed by atoms with Crippen molar-refractivity contribution in [1.82, 2.24) is 15.2 Å². The summed E-state index contributed by atoms with van der Waals surface area (Å²) in [6, 6.07) is 11.2. The molecule has 1 atom stereocenters. The van der Waals surface area contributed by atoms with Gasteiger partial charge in [-0.25, -0.2) is 0 Å². The van der Waals surface area contributed by atoms with E-state index in [0.29, 0.717) is 39.5 Å². The van der Waals surface area contributed by atoms with Gasteiger partial charge in [0.2, 0.25) is 23.2 Å². The van der Waals surface area contributed by atoms with E-state index in [1.807, 2.05) is 32.0 Å². The summed E-state index contributed by atoms with van der Waals surface area (Å²) in [7, 11) is 3.16. The van der Waals surface area contributed by atoms with Gasteiger partial charge in [-0.2, -0.15) is 4.98 Å². The van der Waals surface area contributed by atoms with Crippen LogP contribution >= 0.6 is 11.8 Å². The second-order valence-corrected chi connectivity index (χ2v) is 8.40. The Bertz CT molecular complexity index is 1170. The average Bonchev–Trinajstić information content (AvgIpc) is 2.92. The second kappa shape index (κ2) is 9.04. The van der Waals surface area contributed by atoms with Crippen molar-refractivity contribution in [2.75, 3.05) is 24.9 Å². The van der Waals surface area contributed by atoms with E-state index in [0.717, 1.165) is 16.9 Å². The molecule has 9 heteroatoms. The van der Waals surface area contributed by atoms with Gasteiger partial charge in [-0.3, -0.25) is 9.69 Å². The number of aryl methyl sites for hydroxylation is 1. The summed E-state index contributed by atoms with van der Waals surface area (Å²) < 4.78 is 17.4. The third kappa shape index (κ3) is 3.95. The Balaban J connectivity index is 2.00. The van der Waals surface area contributed by atoms with Crippen LogP contribution in [0, 0.1) is 6.92 Å². The van der Waals surface area contributed by atoms with Crippen molar-refractivity contribution in [2.24, 2.45) is 0 Å². The van der Waals surface area contributed by atoms with Gasteiger partial charge in [0.15, 0.2) is 5.69 Å². The van der Waals surface area contributed by atoms with Crippen LogP contribution in [0.1, 0.15) is 31.2 Å². The van der Waals surface area contributed by atoms with Gasteiger partial charge in [0.1, 0.15) is 11.5 Å². The highest BCUT2D eigenvalue weighted by Gasteiger charge is 2.36. The Kier molecular flexibility index (Phi) is 6.18. The lowest BCUT2D eigenvalue weighted by Crippen LogP contribution is -2.36. The zero-order valence-corrected chi connectivity index (χ0v) is 19.4. The highest BCUT2D eigenvalue weighted by molar-refractivity contribution is 7.99. The Hall–Kier alpha value is -3.33. The number of carbonyl (C=O) groups is 1. The molecule has 0 saturated heterocycles. The van der Waals surface area contributed by atoms with Gasteiger partial charge >= 0.3 is 0 Å². The van der Waals surface area contributed by atoms with Gasteiger partial charge in [0.25, 0.3) is 0 Å². The Labute approximate surface area is 190 Å². The normalized spacial score (nSPS) is 14.7. The number of methoxy groups -OCH3 is 2. The second-order valence-electron chi connectivity index (χ2n) is 7.17. The maximum absolute atomic E-state index is 13.0. The maximum Gasteiger partial charge on any atom is 0.247 e. The molecule has 1 unspecified atom stereocenters. The molecule has 1 amide bonds. The quantitative estimate of drug-likeness (QED) is 0.526. The zero-order valence-electron chi connectivity index (χ0n) is 18.6. The first-order chi connectivity index (χ1) is 15.5. The number of hydrogen-bond acceptors (Lipinski definition) is 8.